The summed E-state index contributed by atoms with van der Waals surface area (Å²) < 4.78 is 65.0. The average molecular weight is 1410 g/mol. The van der Waals surface area contributed by atoms with E-state index in [2.05, 4.69) is 10.3 Å². The molecule has 8 unspecified atom stereocenters. The van der Waals surface area contributed by atoms with Crippen LogP contribution in [0.3, 0.4) is 0 Å². The maximum Gasteiger partial charge on any atom is 0.317 e. The van der Waals surface area contributed by atoms with E-state index in [1.165, 1.54) is 30.9 Å². The number of thioether (sulfide) groups is 4. The van der Waals surface area contributed by atoms with Gasteiger partial charge in [0.15, 0.2) is 18.9 Å². The van der Waals surface area contributed by atoms with Gasteiger partial charge in [-0.25, -0.2) is 0 Å². The van der Waals surface area contributed by atoms with Gasteiger partial charge in [0, 0.05) is 97.1 Å². The number of amidine groups is 1. The van der Waals surface area contributed by atoms with Crippen molar-refractivity contribution >= 4 is 70.7 Å². The minimum absolute atomic E-state index is 0.0922. The van der Waals surface area contributed by atoms with E-state index in [0.717, 1.165) is 17.5 Å². The Bertz CT molecular complexity index is 2070. The molecule has 17 N–H and O–H groups in total. The van der Waals surface area contributed by atoms with Crippen LogP contribution in [0.2, 0.25) is 0 Å². The molecule has 4 heterocycles. The Balaban J connectivity index is 1.26. The smallest absolute Gasteiger partial charge is 0.317 e. The van der Waals surface area contributed by atoms with Gasteiger partial charge in [-0.15, -0.1) is 11.8 Å². The van der Waals surface area contributed by atoms with E-state index in [1.54, 1.807) is 35.5 Å². The topological polar surface area (TPSA) is 482 Å². The number of aliphatic hydroxyl groups excluding tert-OH is 10. The Labute approximate surface area is 554 Å². The number of aliphatic carboxylic acids is 2. The van der Waals surface area contributed by atoms with Crippen LogP contribution in [0.25, 0.3) is 0 Å². The summed E-state index contributed by atoms with van der Waals surface area (Å²) in [6, 6.07) is 0. The highest BCUT2D eigenvalue weighted by molar-refractivity contribution is 8.00. The monoisotopic (exact) mass is 1410 g/mol. The number of hydrogen-bond acceptors (Lipinski definition) is 33. The van der Waals surface area contributed by atoms with Gasteiger partial charge in [-0.05, 0) is 50.6 Å². The summed E-state index contributed by atoms with van der Waals surface area (Å²) in [4.78, 5) is 44.6. The first-order valence-electron chi connectivity index (χ1n) is 30.6. The van der Waals surface area contributed by atoms with Crippen LogP contribution in [0, 0.1) is 0 Å². The molecule has 538 valence electrons. The third-order valence-electron chi connectivity index (χ3n) is 15.0. The second-order valence-electron chi connectivity index (χ2n) is 22.4. The second kappa shape index (κ2) is 45.8. The second-order valence-corrected chi connectivity index (χ2v) is 27.2. The number of carbonyl (C=O) groups is 3. The molecule has 0 aliphatic carbocycles. The van der Waals surface area contributed by atoms with Gasteiger partial charge in [0.05, 0.1) is 51.8 Å². The van der Waals surface area contributed by atoms with Crippen molar-refractivity contribution in [1.82, 2.24) is 20.0 Å². The molecule has 92 heavy (non-hydrogen) atoms. The standard InChI is InChI=1S/C55H103N7O26S4/c1-60(11-12-61(2)25-38(65)66)13-14-62(26-39(67)68)24-37(64)59-10-23-91-20-6-15-80-49-45(74)42(71)34(85-52(49)79-4)29-83-54-51(81-16-5-18-89-21-8-56)47(76)43(72)35(87-54)30-84-53-50(46(75)41(70)33(86-53)28-78-3)82-17-7-19-90-22-9-58-36(57)31-92-55-48(77)44(73)40(69)32(27-63)88-55/h32-35,40-55,63,69-77H,5-31,56H2,1-4H3,(H2,57,58)(H,59,64)(H,65,66)(H,67,68)/t32?,33?,34?,35?,40-,41-,42-,43-,44?,45+,46+,47+,48-,49?,50?,51?,52+,53+,54+,55-/m1/s1. The molecule has 4 rings (SSSR count). The van der Waals surface area contributed by atoms with E-state index in [4.69, 9.17) is 68.7 Å². The number of ether oxygens (including phenoxy) is 11. The molecule has 37 heteroatoms. The molecular formula is C55H103N7O26S4. The lowest BCUT2D eigenvalue weighted by Gasteiger charge is -2.45. The molecule has 4 aliphatic heterocycles. The van der Waals surface area contributed by atoms with Crippen molar-refractivity contribution < 1.29 is 128 Å². The van der Waals surface area contributed by atoms with Gasteiger partial charge >= 0.3 is 11.9 Å². The van der Waals surface area contributed by atoms with Crippen molar-refractivity contribution in [2.24, 2.45) is 16.5 Å². The van der Waals surface area contributed by atoms with Crippen molar-refractivity contribution in [2.45, 2.75) is 141 Å². The van der Waals surface area contributed by atoms with Gasteiger partial charge in [0.1, 0.15) is 109 Å². The number of rotatable bonds is 48. The number of nitrogens with one attached hydrogen (secondary N) is 1. The van der Waals surface area contributed by atoms with E-state index in [0.29, 0.717) is 93.8 Å². The highest BCUT2D eigenvalue weighted by atomic mass is 32.2. The molecule has 1 amide bonds. The number of hydrogen-bond donors (Lipinski definition) is 15. The quantitative estimate of drug-likeness (QED) is 0.0153. The van der Waals surface area contributed by atoms with E-state index >= 15 is 0 Å². The van der Waals surface area contributed by atoms with E-state index in [9.17, 15) is 70.6 Å². The average Bonchev–Trinajstić information content (AvgIpc) is 0.868. The Morgan fingerprint density at radius 3 is 1.53 bits per heavy atom. The predicted molar refractivity (Wildman–Crippen MR) is 339 cm³/mol. The molecule has 0 aromatic carbocycles. The van der Waals surface area contributed by atoms with Crippen LogP contribution in [0.4, 0.5) is 0 Å². The SMILES string of the molecule is COCC1O[C@H](OCC2O[C@H](OCC3O[C@H](OC)C(OCCCSCCNC(=O)CN(CCN(C)CCN(C)CC(=O)O)CC(=O)O)[C@@H](O)[C@@H]3O)C(OCCCSCCN)[C@@H](O)[C@@H]2O)C(OCCCSCCN=C(N)CS[C@H]2OC(CO)[C@@H](O)C(O)[C@H]2O)[C@@H](O)[C@@H]1O. The molecule has 0 spiro atoms. The molecule has 0 aromatic rings. The fraction of sp³-hybridized carbons (Fsp3) is 0.927. The van der Waals surface area contributed by atoms with E-state index < -0.39 is 154 Å². The number of nitrogens with two attached hydrogens (primary N) is 2. The number of methoxy groups -OCH3 is 2. The molecule has 4 fully saturated rings. The number of aliphatic imine (C=N–C) groups is 1. The lowest BCUT2D eigenvalue weighted by molar-refractivity contribution is -0.348. The summed E-state index contributed by atoms with van der Waals surface area (Å²) in [5.74, 6) is 1.80. The molecule has 0 bridgehead atoms. The molecule has 0 radical (unpaired) electrons. The maximum absolute atomic E-state index is 12.7. The first-order valence-corrected chi connectivity index (χ1v) is 35.1. The van der Waals surface area contributed by atoms with Gasteiger partial charge in [-0.1, -0.05) is 0 Å². The van der Waals surface area contributed by atoms with Gasteiger partial charge in [0.25, 0.3) is 0 Å². The van der Waals surface area contributed by atoms with Crippen LogP contribution in [0.1, 0.15) is 19.3 Å². The summed E-state index contributed by atoms with van der Waals surface area (Å²) >= 11 is 5.75. The fourth-order valence-corrected chi connectivity index (χ4v) is 13.1. The fourth-order valence-electron chi connectivity index (χ4n) is 9.87. The number of nitrogens with zero attached hydrogens (tertiary/aromatic N) is 4. The third-order valence-corrected chi connectivity index (χ3v) is 19.4. The third kappa shape index (κ3) is 29.0. The van der Waals surface area contributed by atoms with Crippen molar-refractivity contribution in [1.29, 1.82) is 0 Å². The highest BCUT2D eigenvalue weighted by Gasteiger charge is 2.51. The lowest BCUT2D eigenvalue weighted by atomic mass is 9.97. The molecule has 0 aromatic heterocycles. The van der Waals surface area contributed by atoms with Crippen LogP contribution in [0.5, 0.6) is 0 Å². The maximum atomic E-state index is 12.7. The zero-order valence-electron chi connectivity index (χ0n) is 52.8. The Kier molecular flexibility index (Phi) is 41.2. The lowest BCUT2D eigenvalue weighted by Crippen LogP contribution is -2.63. The van der Waals surface area contributed by atoms with Crippen LogP contribution < -0.4 is 16.8 Å². The summed E-state index contributed by atoms with van der Waals surface area (Å²) in [6.45, 7) is 1.22. The van der Waals surface area contributed by atoms with Crippen LogP contribution in [0.15, 0.2) is 4.99 Å². The number of carbonyl (C=O) groups excluding carboxylic acids is 1. The Hall–Kier alpha value is -1.72. The number of likely N-dealkylation sites (N-methyl/N-ethyl adjacent to an activating group) is 2. The number of amides is 1. The summed E-state index contributed by atoms with van der Waals surface area (Å²) in [5.41, 5.74) is 10.8. The molecular weight excluding hydrogens is 1300 g/mol. The van der Waals surface area contributed by atoms with Crippen LogP contribution in [-0.2, 0) is 66.5 Å². The minimum atomic E-state index is -1.62. The normalized spacial score (nSPS) is 32.2. The zero-order valence-corrected chi connectivity index (χ0v) is 56.1. The summed E-state index contributed by atoms with van der Waals surface area (Å²) in [7, 11) is 6.25. The van der Waals surface area contributed by atoms with Crippen LogP contribution in [-0.4, -0.2) is 402 Å². The largest absolute Gasteiger partial charge is 0.480 e. The minimum Gasteiger partial charge on any atom is -0.480 e. The molecule has 4 aliphatic rings. The van der Waals surface area contributed by atoms with E-state index in [1.807, 2.05) is 11.9 Å². The Morgan fingerprint density at radius 1 is 0.543 bits per heavy atom. The molecule has 0 saturated carbocycles. The van der Waals surface area contributed by atoms with Gasteiger partial charge in [-0.3, -0.25) is 29.2 Å². The van der Waals surface area contributed by atoms with Gasteiger partial charge in [0.2, 0.25) is 5.91 Å². The Morgan fingerprint density at radius 2 is 1.02 bits per heavy atom. The predicted octanol–water partition coefficient (Wildman–Crippen LogP) is -6.52. The first kappa shape index (κ1) is 82.7. The van der Waals surface area contributed by atoms with Gasteiger partial charge in [-0.2, -0.15) is 35.3 Å². The van der Waals surface area contributed by atoms with Crippen molar-refractivity contribution in [2.75, 3.05) is 180 Å². The molecule has 20 atom stereocenters. The molecule has 4 saturated heterocycles. The van der Waals surface area contributed by atoms with Crippen LogP contribution >= 0.6 is 47.0 Å². The highest BCUT2D eigenvalue weighted by Crippen LogP contribution is 2.32. The van der Waals surface area contributed by atoms with Crippen molar-refractivity contribution in [3.05, 3.63) is 0 Å². The summed E-state index contributed by atoms with van der Waals surface area (Å²) in [5, 5.41) is 129. The first-order chi connectivity index (χ1) is 44.0. The van der Waals surface area contributed by atoms with Crippen molar-refractivity contribution in [3.63, 3.8) is 0 Å². The zero-order chi connectivity index (χ0) is 67.7. The summed E-state index contributed by atoms with van der Waals surface area (Å²) in [6.07, 6.45) is -24.3. The number of carboxylic acid groups (broad SMARTS) is 2. The number of aliphatic hydroxyl groups is 10. The van der Waals surface area contributed by atoms with Crippen molar-refractivity contribution in [3.8, 4) is 0 Å². The van der Waals surface area contributed by atoms with E-state index in [-0.39, 0.29) is 63.6 Å². The number of carboxylic acids is 2. The molecule has 33 nitrogen and oxygen atoms in total. The van der Waals surface area contributed by atoms with Gasteiger partial charge < -0.3 is 135 Å².